The highest BCUT2D eigenvalue weighted by molar-refractivity contribution is 5.78. The molecule has 1 fully saturated rings. The van der Waals surface area contributed by atoms with Gasteiger partial charge in [0.25, 0.3) is 0 Å². The Morgan fingerprint density at radius 1 is 1.16 bits per heavy atom. The minimum absolute atomic E-state index is 0.0176. The fraction of sp³-hybridized carbons (Fsp3) is 0.300. The molecule has 0 N–H and O–H groups in total. The smallest absolute Gasteiger partial charge is 0.228 e. The van der Waals surface area contributed by atoms with Crippen molar-refractivity contribution in [3.8, 4) is 0 Å². The van der Waals surface area contributed by atoms with Crippen molar-refractivity contribution in [2.45, 2.75) is 25.6 Å². The molecule has 5 nitrogen and oxygen atoms in total. The van der Waals surface area contributed by atoms with E-state index in [9.17, 15) is 4.79 Å². The maximum Gasteiger partial charge on any atom is 0.228 e. The first-order chi connectivity index (χ1) is 12.2. The average molecular weight is 335 g/mol. The molecule has 0 bridgehead atoms. The number of hydrogen-bond donors (Lipinski definition) is 0. The molecule has 128 valence electrons. The zero-order valence-electron chi connectivity index (χ0n) is 14.2. The lowest BCUT2D eigenvalue weighted by atomic mass is 10.1. The largest absolute Gasteiger partial charge is 0.367 e. The van der Waals surface area contributed by atoms with E-state index in [1.807, 2.05) is 77.1 Å². The topological polar surface area (TPSA) is 46.8 Å². The van der Waals surface area contributed by atoms with Gasteiger partial charge in [0, 0.05) is 18.9 Å². The van der Waals surface area contributed by atoms with E-state index >= 15 is 0 Å². The fourth-order valence-corrected chi connectivity index (χ4v) is 3.35. The third kappa shape index (κ3) is 3.42. The number of rotatable bonds is 3. The number of aromatic nitrogens is 2. The van der Waals surface area contributed by atoms with Gasteiger partial charge >= 0.3 is 0 Å². The Hall–Kier alpha value is -2.66. The number of carbonyl (C=O) groups is 1. The second kappa shape index (κ2) is 6.69. The van der Waals surface area contributed by atoms with Crippen molar-refractivity contribution in [1.82, 2.24) is 14.3 Å². The zero-order chi connectivity index (χ0) is 17.2. The predicted octanol–water partition coefficient (Wildman–Crippen LogP) is 2.87. The normalized spacial score (nSPS) is 20.8. The zero-order valence-corrected chi connectivity index (χ0v) is 14.2. The van der Waals surface area contributed by atoms with Gasteiger partial charge in [0.05, 0.1) is 24.8 Å². The molecule has 0 radical (unpaired) electrons. The molecule has 3 heterocycles. The van der Waals surface area contributed by atoms with E-state index < -0.39 is 0 Å². The summed E-state index contributed by atoms with van der Waals surface area (Å²) in [6.07, 6.45) is 4.12. The van der Waals surface area contributed by atoms with Crippen LogP contribution in [0.1, 0.15) is 24.3 Å². The number of pyridine rings is 1. The number of imidazole rings is 1. The maximum atomic E-state index is 12.8. The van der Waals surface area contributed by atoms with Crippen LogP contribution in [0.2, 0.25) is 0 Å². The summed E-state index contributed by atoms with van der Waals surface area (Å²) in [7, 11) is 0. The summed E-state index contributed by atoms with van der Waals surface area (Å²) in [5.74, 6) is 0.0967. The molecule has 0 aliphatic carbocycles. The van der Waals surface area contributed by atoms with Gasteiger partial charge in [0.1, 0.15) is 11.8 Å². The first-order valence-corrected chi connectivity index (χ1v) is 8.60. The molecule has 2 aromatic heterocycles. The Balaban J connectivity index is 1.49. The summed E-state index contributed by atoms with van der Waals surface area (Å²) < 4.78 is 7.98. The van der Waals surface area contributed by atoms with Crippen LogP contribution in [0.4, 0.5) is 0 Å². The van der Waals surface area contributed by atoms with E-state index in [4.69, 9.17) is 4.74 Å². The van der Waals surface area contributed by atoms with E-state index in [0.29, 0.717) is 19.5 Å². The molecule has 3 aromatic rings. The molecular formula is C20H21N3O2. The highest BCUT2D eigenvalue weighted by Crippen LogP contribution is 2.25. The number of fused-ring (bicyclic) bond motifs is 1. The summed E-state index contributed by atoms with van der Waals surface area (Å²) >= 11 is 0. The van der Waals surface area contributed by atoms with E-state index in [1.165, 1.54) is 0 Å². The van der Waals surface area contributed by atoms with Crippen LogP contribution in [0.25, 0.3) is 5.65 Å². The van der Waals surface area contributed by atoms with Crippen LogP contribution in [-0.4, -0.2) is 39.4 Å². The number of hydrogen-bond acceptors (Lipinski definition) is 3. The molecule has 0 spiro atoms. The monoisotopic (exact) mass is 335 g/mol. The van der Waals surface area contributed by atoms with Crippen molar-refractivity contribution in [3.05, 3.63) is 72.2 Å². The maximum absolute atomic E-state index is 12.8. The minimum atomic E-state index is -0.0741. The lowest BCUT2D eigenvalue weighted by molar-refractivity contribution is -0.144. The van der Waals surface area contributed by atoms with Gasteiger partial charge in [-0.25, -0.2) is 4.98 Å². The standard InChI is InChI=1S/C20H21N3O2/c1-15-12-23(14-18(25-15)16-7-3-2-4-8-16)20(24)11-17-13-22-10-6-5-9-19(22)21-17/h2-10,13,15,18H,11-12,14H2,1H3. The third-order valence-electron chi connectivity index (χ3n) is 4.53. The Labute approximate surface area is 146 Å². The summed E-state index contributed by atoms with van der Waals surface area (Å²) in [6, 6.07) is 15.9. The molecule has 1 aliphatic heterocycles. The summed E-state index contributed by atoms with van der Waals surface area (Å²) in [6.45, 7) is 3.22. The predicted molar refractivity (Wildman–Crippen MR) is 95.2 cm³/mol. The molecule has 1 aliphatic rings. The van der Waals surface area contributed by atoms with Crippen LogP contribution in [0.15, 0.2) is 60.9 Å². The van der Waals surface area contributed by atoms with Crippen molar-refractivity contribution in [2.75, 3.05) is 13.1 Å². The average Bonchev–Trinajstić information content (AvgIpc) is 3.04. The fourth-order valence-electron chi connectivity index (χ4n) is 3.35. The number of benzene rings is 1. The summed E-state index contributed by atoms with van der Waals surface area (Å²) in [5, 5.41) is 0. The second-order valence-corrected chi connectivity index (χ2v) is 6.52. The first kappa shape index (κ1) is 15.8. The lowest BCUT2D eigenvalue weighted by Crippen LogP contribution is -2.46. The van der Waals surface area contributed by atoms with Gasteiger partial charge in [-0.15, -0.1) is 0 Å². The molecular weight excluding hydrogens is 314 g/mol. The third-order valence-corrected chi connectivity index (χ3v) is 4.53. The number of nitrogens with zero attached hydrogens (tertiary/aromatic N) is 3. The molecule has 2 atom stereocenters. The highest BCUT2D eigenvalue weighted by Gasteiger charge is 2.29. The van der Waals surface area contributed by atoms with Crippen LogP contribution in [-0.2, 0) is 16.0 Å². The van der Waals surface area contributed by atoms with Gasteiger partial charge in [0.15, 0.2) is 0 Å². The molecule has 5 heteroatoms. The van der Waals surface area contributed by atoms with Crippen molar-refractivity contribution < 1.29 is 9.53 Å². The van der Waals surface area contributed by atoms with Gasteiger partial charge in [-0.05, 0) is 24.6 Å². The number of morpholine rings is 1. The van der Waals surface area contributed by atoms with Gasteiger partial charge < -0.3 is 14.0 Å². The van der Waals surface area contributed by atoms with Crippen molar-refractivity contribution >= 4 is 11.6 Å². The quantitative estimate of drug-likeness (QED) is 0.739. The molecule has 0 saturated carbocycles. The second-order valence-electron chi connectivity index (χ2n) is 6.52. The Bertz CT molecular complexity index is 842. The van der Waals surface area contributed by atoms with Crippen LogP contribution in [0.3, 0.4) is 0 Å². The van der Waals surface area contributed by atoms with Crippen LogP contribution in [0, 0.1) is 0 Å². The molecule has 1 amide bonds. The van der Waals surface area contributed by atoms with E-state index in [2.05, 4.69) is 4.98 Å². The highest BCUT2D eigenvalue weighted by atomic mass is 16.5. The van der Waals surface area contributed by atoms with E-state index in [0.717, 1.165) is 16.9 Å². The minimum Gasteiger partial charge on any atom is -0.367 e. The SMILES string of the molecule is CC1CN(C(=O)Cc2cn3ccccc3n2)CC(c2ccccc2)O1. The van der Waals surface area contributed by atoms with Gasteiger partial charge in [0.2, 0.25) is 5.91 Å². The van der Waals surface area contributed by atoms with E-state index in [-0.39, 0.29) is 18.1 Å². The molecule has 1 aromatic carbocycles. The lowest BCUT2D eigenvalue weighted by Gasteiger charge is -2.37. The molecule has 2 unspecified atom stereocenters. The number of ether oxygens (including phenoxy) is 1. The Kier molecular flexibility index (Phi) is 4.24. The molecule has 1 saturated heterocycles. The van der Waals surface area contributed by atoms with Crippen molar-refractivity contribution in [1.29, 1.82) is 0 Å². The van der Waals surface area contributed by atoms with Crippen molar-refractivity contribution in [2.24, 2.45) is 0 Å². The van der Waals surface area contributed by atoms with E-state index in [1.54, 1.807) is 0 Å². The van der Waals surface area contributed by atoms with Crippen molar-refractivity contribution in [3.63, 3.8) is 0 Å². The Morgan fingerprint density at radius 3 is 2.76 bits per heavy atom. The summed E-state index contributed by atoms with van der Waals surface area (Å²) in [4.78, 5) is 19.2. The summed E-state index contributed by atoms with van der Waals surface area (Å²) in [5.41, 5.74) is 2.77. The van der Waals surface area contributed by atoms with Gasteiger partial charge in [-0.2, -0.15) is 0 Å². The molecule has 25 heavy (non-hydrogen) atoms. The molecule has 4 rings (SSSR count). The number of carbonyl (C=O) groups excluding carboxylic acids is 1. The number of amides is 1. The van der Waals surface area contributed by atoms with Crippen LogP contribution >= 0.6 is 0 Å². The van der Waals surface area contributed by atoms with Crippen LogP contribution < -0.4 is 0 Å². The van der Waals surface area contributed by atoms with Gasteiger partial charge in [-0.1, -0.05) is 36.4 Å². The van der Waals surface area contributed by atoms with Gasteiger partial charge in [-0.3, -0.25) is 4.79 Å². The first-order valence-electron chi connectivity index (χ1n) is 8.60. The Morgan fingerprint density at radius 2 is 1.96 bits per heavy atom. The van der Waals surface area contributed by atoms with Crippen LogP contribution in [0.5, 0.6) is 0 Å².